The van der Waals surface area contributed by atoms with Gasteiger partial charge in [-0.05, 0) is 44.9 Å². The van der Waals surface area contributed by atoms with Crippen LogP contribution in [0.1, 0.15) is 38.7 Å². The molecule has 1 saturated heterocycles. The first-order valence-electron chi connectivity index (χ1n) is 7.66. The maximum atomic E-state index is 12.3. The molecule has 0 aromatic heterocycles. The average Bonchev–Trinajstić information content (AvgIpc) is 2.45. The average molecular weight is 306 g/mol. The van der Waals surface area contributed by atoms with Crippen molar-refractivity contribution in [3.63, 3.8) is 0 Å². The van der Waals surface area contributed by atoms with Crippen LogP contribution < -0.4 is 10.5 Å². The molecule has 1 aromatic carbocycles. The second-order valence-electron chi connectivity index (χ2n) is 6.85. The molecular formula is C17H26N2O3. The van der Waals surface area contributed by atoms with Crippen LogP contribution in [0.25, 0.3) is 0 Å². The summed E-state index contributed by atoms with van der Waals surface area (Å²) in [6.07, 6.45) is 0.558. The van der Waals surface area contributed by atoms with Gasteiger partial charge in [0.25, 0.3) is 0 Å². The predicted molar refractivity (Wildman–Crippen MR) is 86.1 cm³/mol. The Morgan fingerprint density at radius 1 is 1.32 bits per heavy atom. The fourth-order valence-corrected chi connectivity index (χ4v) is 2.75. The number of piperidine rings is 1. The van der Waals surface area contributed by atoms with Gasteiger partial charge in [0.1, 0.15) is 11.4 Å². The van der Waals surface area contributed by atoms with E-state index >= 15 is 0 Å². The van der Waals surface area contributed by atoms with Crippen LogP contribution in [0.3, 0.4) is 0 Å². The van der Waals surface area contributed by atoms with Crippen molar-refractivity contribution >= 4 is 6.09 Å². The second-order valence-corrected chi connectivity index (χ2v) is 6.85. The van der Waals surface area contributed by atoms with Gasteiger partial charge in [-0.15, -0.1) is 0 Å². The van der Waals surface area contributed by atoms with Gasteiger partial charge in [-0.1, -0.05) is 12.1 Å². The molecule has 0 spiro atoms. The zero-order chi connectivity index (χ0) is 16.3. The van der Waals surface area contributed by atoms with Crippen LogP contribution in [0.2, 0.25) is 0 Å². The summed E-state index contributed by atoms with van der Waals surface area (Å²) in [6.45, 7) is 6.77. The van der Waals surface area contributed by atoms with Crippen molar-refractivity contribution in [3.8, 4) is 5.75 Å². The fraction of sp³-hybridized carbons (Fsp3) is 0.588. The van der Waals surface area contributed by atoms with Crippen LogP contribution in [-0.2, 0) is 4.74 Å². The van der Waals surface area contributed by atoms with Crippen molar-refractivity contribution < 1.29 is 14.3 Å². The Balaban J connectivity index is 2.12. The number of benzene rings is 1. The fourth-order valence-electron chi connectivity index (χ4n) is 2.75. The van der Waals surface area contributed by atoms with Gasteiger partial charge >= 0.3 is 6.09 Å². The molecular weight excluding hydrogens is 280 g/mol. The highest BCUT2D eigenvalue weighted by atomic mass is 16.6. The predicted octanol–water partition coefficient (Wildman–Crippen LogP) is 2.75. The molecule has 1 heterocycles. The summed E-state index contributed by atoms with van der Waals surface area (Å²) in [5, 5.41) is 0. The number of amides is 1. The van der Waals surface area contributed by atoms with Crippen LogP contribution in [-0.4, -0.2) is 42.8 Å². The molecule has 1 aliphatic rings. The summed E-state index contributed by atoms with van der Waals surface area (Å²) < 4.78 is 10.7. The normalized spacial score (nSPS) is 22.3. The molecule has 22 heavy (non-hydrogen) atoms. The standard InChI is InChI=1S/C17H26N2O3/c1-17(2,3)22-16(20)19-10-13(8-14(18)11-19)12-6-5-7-15(9-12)21-4/h5-7,9,13-14H,8,10-11,18H2,1-4H3/t13-,14+/m1/s1. The molecule has 1 aliphatic heterocycles. The van der Waals surface area contributed by atoms with E-state index in [4.69, 9.17) is 15.2 Å². The van der Waals surface area contributed by atoms with E-state index in [1.54, 1.807) is 12.0 Å². The minimum Gasteiger partial charge on any atom is -0.497 e. The third-order valence-corrected chi connectivity index (χ3v) is 3.70. The highest BCUT2D eigenvalue weighted by Gasteiger charge is 2.31. The van der Waals surface area contributed by atoms with Crippen molar-refractivity contribution in [2.45, 2.75) is 44.8 Å². The smallest absolute Gasteiger partial charge is 0.410 e. The summed E-state index contributed by atoms with van der Waals surface area (Å²) in [5.41, 5.74) is 6.79. The van der Waals surface area contributed by atoms with Crippen molar-refractivity contribution in [3.05, 3.63) is 29.8 Å². The highest BCUT2D eigenvalue weighted by molar-refractivity contribution is 5.68. The Labute approximate surface area is 132 Å². The Kier molecular flexibility index (Phi) is 4.96. The van der Waals surface area contributed by atoms with E-state index in [9.17, 15) is 4.79 Å². The van der Waals surface area contributed by atoms with Gasteiger partial charge in [0.15, 0.2) is 0 Å². The molecule has 0 aliphatic carbocycles. The van der Waals surface area contributed by atoms with E-state index in [-0.39, 0.29) is 18.1 Å². The van der Waals surface area contributed by atoms with Gasteiger partial charge in [0.05, 0.1) is 7.11 Å². The van der Waals surface area contributed by atoms with Gasteiger partial charge in [0.2, 0.25) is 0 Å². The van der Waals surface area contributed by atoms with Crippen LogP contribution >= 0.6 is 0 Å². The zero-order valence-corrected chi connectivity index (χ0v) is 13.8. The van der Waals surface area contributed by atoms with Crippen LogP contribution in [0, 0.1) is 0 Å². The van der Waals surface area contributed by atoms with Gasteiger partial charge < -0.3 is 20.1 Å². The quantitative estimate of drug-likeness (QED) is 0.912. The largest absolute Gasteiger partial charge is 0.497 e. The van der Waals surface area contributed by atoms with Gasteiger partial charge in [-0.25, -0.2) is 4.79 Å². The number of likely N-dealkylation sites (tertiary alicyclic amines) is 1. The Hall–Kier alpha value is -1.75. The maximum Gasteiger partial charge on any atom is 0.410 e. The number of ether oxygens (including phenoxy) is 2. The first kappa shape index (κ1) is 16.6. The SMILES string of the molecule is COc1cccc([C@@H]2C[C@H](N)CN(C(=O)OC(C)(C)C)C2)c1. The number of rotatable bonds is 2. The van der Waals surface area contributed by atoms with Crippen molar-refractivity contribution in [2.24, 2.45) is 5.73 Å². The number of nitrogens with two attached hydrogens (primary N) is 1. The monoisotopic (exact) mass is 306 g/mol. The number of nitrogens with zero attached hydrogens (tertiary/aromatic N) is 1. The number of methoxy groups -OCH3 is 1. The number of hydrogen-bond donors (Lipinski definition) is 1. The van der Waals surface area contributed by atoms with E-state index in [0.717, 1.165) is 17.7 Å². The zero-order valence-electron chi connectivity index (χ0n) is 13.8. The Morgan fingerprint density at radius 3 is 2.68 bits per heavy atom. The van der Waals surface area contributed by atoms with E-state index in [0.29, 0.717) is 13.1 Å². The summed E-state index contributed by atoms with van der Waals surface area (Å²) in [6, 6.07) is 7.90. The van der Waals surface area contributed by atoms with Crippen molar-refractivity contribution in [1.29, 1.82) is 0 Å². The van der Waals surface area contributed by atoms with Gasteiger partial charge in [-0.2, -0.15) is 0 Å². The lowest BCUT2D eigenvalue weighted by Gasteiger charge is -2.37. The Morgan fingerprint density at radius 2 is 2.05 bits per heavy atom. The molecule has 122 valence electrons. The van der Waals surface area contributed by atoms with Gasteiger partial charge in [0, 0.05) is 25.0 Å². The molecule has 2 atom stereocenters. The second kappa shape index (κ2) is 6.57. The molecule has 0 saturated carbocycles. The third-order valence-electron chi connectivity index (χ3n) is 3.70. The summed E-state index contributed by atoms with van der Waals surface area (Å²) >= 11 is 0. The lowest BCUT2D eigenvalue weighted by molar-refractivity contribution is 0.0181. The lowest BCUT2D eigenvalue weighted by Crippen LogP contribution is -2.50. The number of carbonyl (C=O) groups excluding carboxylic acids is 1. The molecule has 0 unspecified atom stereocenters. The minimum atomic E-state index is -0.496. The molecule has 0 bridgehead atoms. The topological polar surface area (TPSA) is 64.8 Å². The molecule has 1 fully saturated rings. The number of hydrogen-bond acceptors (Lipinski definition) is 4. The minimum absolute atomic E-state index is 0.0440. The van der Waals surface area contributed by atoms with Crippen LogP contribution in [0.5, 0.6) is 5.75 Å². The third kappa shape index (κ3) is 4.37. The molecule has 0 radical (unpaired) electrons. The molecule has 5 heteroatoms. The molecule has 2 rings (SSSR count). The molecule has 1 aromatic rings. The van der Waals surface area contributed by atoms with Crippen LogP contribution in [0.15, 0.2) is 24.3 Å². The summed E-state index contributed by atoms with van der Waals surface area (Å²) in [4.78, 5) is 14.0. The molecule has 5 nitrogen and oxygen atoms in total. The maximum absolute atomic E-state index is 12.3. The highest BCUT2D eigenvalue weighted by Crippen LogP contribution is 2.29. The first-order valence-corrected chi connectivity index (χ1v) is 7.66. The van der Waals surface area contributed by atoms with Crippen molar-refractivity contribution in [1.82, 2.24) is 4.90 Å². The van der Waals surface area contributed by atoms with E-state index in [1.165, 1.54) is 0 Å². The molecule has 1 amide bonds. The first-order chi connectivity index (χ1) is 10.3. The van der Waals surface area contributed by atoms with E-state index < -0.39 is 5.60 Å². The summed E-state index contributed by atoms with van der Waals surface area (Å²) in [5.74, 6) is 1.02. The lowest BCUT2D eigenvalue weighted by atomic mass is 9.88. The van der Waals surface area contributed by atoms with Gasteiger partial charge in [-0.3, -0.25) is 0 Å². The van der Waals surface area contributed by atoms with E-state index in [1.807, 2.05) is 39.0 Å². The number of carbonyl (C=O) groups is 1. The van der Waals surface area contributed by atoms with Crippen molar-refractivity contribution in [2.75, 3.05) is 20.2 Å². The summed E-state index contributed by atoms with van der Waals surface area (Å²) in [7, 11) is 1.65. The molecule has 2 N–H and O–H groups in total. The van der Waals surface area contributed by atoms with Crippen LogP contribution in [0.4, 0.5) is 4.79 Å². The Bertz CT molecular complexity index is 525. The van der Waals surface area contributed by atoms with E-state index in [2.05, 4.69) is 6.07 Å².